The van der Waals surface area contributed by atoms with Gasteiger partial charge in [-0.25, -0.2) is 17.9 Å². The monoisotopic (exact) mass is 386 g/mol. The number of carbonyl (C=O) groups is 1. The Kier molecular flexibility index (Phi) is 4.11. The Labute approximate surface area is 156 Å². The van der Waals surface area contributed by atoms with Crippen LogP contribution >= 0.6 is 0 Å². The van der Waals surface area contributed by atoms with E-state index < -0.39 is 15.8 Å². The van der Waals surface area contributed by atoms with E-state index in [2.05, 4.69) is 15.3 Å². The third kappa shape index (κ3) is 2.93. The number of aromatic amines is 1. The lowest BCUT2D eigenvalue weighted by molar-refractivity contribution is 0.0517. The van der Waals surface area contributed by atoms with Gasteiger partial charge in [0.15, 0.2) is 15.5 Å². The SMILES string of the molecule is CCOC(=O)c1nn(-c2ccc(S(C)(=O)=O)cc2)c2c1CCc1[nH]ncc1-2. The predicted molar refractivity (Wildman–Crippen MR) is 97.6 cm³/mol. The van der Waals surface area contributed by atoms with Crippen LogP contribution in [0.2, 0.25) is 0 Å². The summed E-state index contributed by atoms with van der Waals surface area (Å²) in [6, 6.07) is 6.41. The lowest BCUT2D eigenvalue weighted by Gasteiger charge is -2.14. The van der Waals surface area contributed by atoms with Crippen molar-refractivity contribution < 1.29 is 17.9 Å². The minimum absolute atomic E-state index is 0.224. The number of nitrogens with zero attached hydrogens (tertiary/aromatic N) is 3. The van der Waals surface area contributed by atoms with Crippen molar-refractivity contribution >= 4 is 15.8 Å². The molecule has 1 aromatic carbocycles. The lowest BCUT2D eigenvalue weighted by Crippen LogP contribution is -2.10. The molecule has 9 heteroatoms. The third-order valence-electron chi connectivity index (χ3n) is 4.56. The van der Waals surface area contributed by atoms with E-state index in [1.54, 1.807) is 29.9 Å². The van der Waals surface area contributed by atoms with Gasteiger partial charge in [-0.3, -0.25) is 5.10 Å². The first kappa shape index (κ1) is 17.5. The molecule has 0 saturated carbocycles. The largest absolute Gasteiger partial charge is 0.461 e. The van der Waals surface area contributed by atoms with Gasteiger partial charge in [0.05, 0.1) is 29.1 Å². The van der Waals surface area contributed by atoms with Crippen molar-refractivity contribution in [2.24, 2.45) is 0 Å². The number of aromatic nitrogens is 4. The molecule has 1 aliphatic carbocycles. The normalized spacial score (nSPS) is 13.1. The van der Waals surface area contributed by atoms with Crippen LogP contribution in [-0.4, -0.2) is 47.2 Å². The molecule has 0 unspecified atom stereocenters. The summed E-state index contributed by atoms with van der Waals surface area (Å²) in [7, 11) is -3.29. The Hall–Kier alpha value is -2.94. The van der Waals surface area contributed by atoms with Gasteiger partial charge in [0.1, 0.15) is 0 Å². The molecular formula is C18H18N4O4S. The molecule has 27 heavy (non-hydrogen) atoms. The highest BCUT2D eigenvalue weighted by molar-refractivity contribution is 7.90. The first-order chi connectivity index (χ1) is 12.9. The summed E-state index contributed by atoms with van der Waals surface area (Å²) in [5.41, 5.74) is 4.39. The summed E-state index contributed by atoms with van der Waals surface area (Å²) >= 11 is 0. The smallest absolute Gasteiger partial charge is 0.359 e. The fourth-order valence-corrected chi connectivity index (χ4v) is 3.94. The number of hydrogen-bond acceptors (Lipinski definition) is 6. The van der Waals surface area contributed by atoms with Crippen LogP contribution in [0.15, 0.2) is 35.4 Å². The Morgan fingerprint density at radius 1 is 1.26 bits per heavy atom. The van der Waals surface area contributed by atoms with Gasteiger partial charge < -0.3 is 4.74 Å². The second kappa shape index (κ2) is 6.34. The maximum atomic E-state index is 12.4. The van der Waals surface area contributed by atoms with E-state index in [0.717, 1.165) is 35.2 Å². The summed E-state index contributed by atoms with van der Waals surface area (Å²) in [6.07, 6.45) is 4.24. The van der Waals surface area contributed by atoms with Crippen molar-refractivity contribution in [2.75, 3.05) is 12.9 Å². The van der Waals surface area contributed by atoms with Gasteiger partial charge in [-0.1, -0.05) is 0 Å². The van der Waals surface area contributed by atoms with Crippen molar-refractivity contribution in [1.29, 1.82) is 0 Å². The number of sulfone groups is 1. The van der Waals surface area contributed by atoms with E-state index in [1.165, 1.54) is 12.1 Å². The predicted octanol–water partition coefficient (Wildman–Crippen LogP) is 1.94. The standard InChI is InChI=1S/C18H18N4O4S/c1-3-26-18(23)16-13-8-9-15-14(10-19-20-15)17(13)22(21-16)11-4-6-12(7-5-11)27(2,24)25/h4-7,10H,3,8-9H2,1-2H3,(H,19,20). The van der Waals surface area contributed by atoms with E-state index in [4.69, 9.17) is 4.74 Å². The van der Waals surface area contributed by atoms with Crippen LogP contribution in [0, 0.1) is 0 Å². The van der Waals surface area contributed by atoms with Crippen LogP contribution < -0.4 is 0 Å². The minimum atomic E-state index is -3.29. The second-order valence-corrected chi connectivity index (χ2v) is 8.35. The summed E-state index contributed by atoms with van der Waals surface area (Å²) < 4.78 is 30.2. The van der Waals surface area contributed by atoms with Gasteiger partial charge in [0.2, 0.25) is 0 Å². The van der Waals surface area contributed by atoms with Crippen LogP contribution in [0.25, 0.3) is 16.9 Å². The van der Waals surface area contributed by atoms with Gasteiger partial charge in [-0.05, 0) is 44.0 Å². The number of fused-ring (bicyclic) bond motifs is 3. The zero-order chi connectivity index (χ0) is 19.2. The molecule has 0 saturated heterocycles. The lowest BCUT2D eigenvalue weighted by atomic mass is 9.94. The van der Waals surface area contributed by atoms with Crippen molar-refractivity contribution in [3.63, 3.8) is 0 Å². The average Bonchev–Trinajstić information content (AvgIpc) is 3.25. The average molecular weight is 386 g/mol. The van der Waals surface area contributed by atoms with Crippen LogP contribution in [0.4, 0.5) is 0 Å². The second-order valence-electron chi connectivity index (χ2n) is 6.34. The number of H-pyrrole nitrogens is 1. The third-order valence-corrected chi connectivity index (χ3v) is 5.69. The molecule has 140 valence electrons. The van der Waals surface area contributed by atoms with Gasteiger partial charge in [0, 0.05) is 23.1 Å². The molecule has 0 fully saturated rings. The highest BCUT2D eigenvalue weighted by Gasteiger charge is 2.30. The molecule has 0 aliphatic heterocycles. The molecule has 0 amide bonds. The topological polar surface area (TPSA) is 107 Å². The van der Waals surface area contributed by atoms with E-state index in [0.29, 0.717) is 12.1 Å². The molecule has 4 rings (SSSR count). The molecule has 0 atom stereocenters. The fraction of sp³-hybridized carbons (Fsp3) is 0.278. The molecule has 0 bridgehead atoms. The number of ether oxygens (including phenoxy) is 1. The Morgan fingerprint density at radius 2 is 2.00 bits per heavy atom. The van der Waals surface area contributed by atoms with E-state index >= 15 is 0 Å². The number of esters is 1. The summed E-state index contributed by atoms with van der Waals surface area (Å²) in [5, 5.41) is 11.6. The van der Waals surface area contributed by atoms with Crippen molar-refractivity contribution in [3.05, 3.63) is 47.4 Å². The summed E-state index contributed by atoms with van der Waals surface area (Å²) in [6.45, 7) is 2.01. The van der Waals surface area contributed by atoms with E-state index in [-0.39, 0.29) is 17.2 Å². The van der Waals surface area contributed by atoms with Gasteiger partial charge >= 0.3 is 5.97 Å². The quantitative estimate of drug-likeness (QED) is 0.687. The minimum Gasteiger partial charge on any atom is -0.461 e. The summed E-state index contributed by atoms with van der Waals surface area (Å²) in [4.78, 5) is 12.6. The molecule has 3 aromatic rings. The van der Waals surface area contributed by atoms with Crippen molar-refractivity contribution in [2.45, 2.75) is 24.7 Å². The molecule has 2 heterocycles. The number of nitrogens with one attached hydrogen (secondary N) is 1. The Morgan fingerprint density at radius 3 is 2.67 bits per heavy atom. The molecule has 8 nitrogen and oxygen atoms in total. The number of aryl methyl sites for hydroxylation is 1. The van der Waals surface area contributed by atoms with Gasteiger partial charge in [-0.2, -0.15) is 10.2 Å². The zero-order valence-electron chi connectivity index (χ0n) is 14.9. The number of benzene rings is 1. The first-order valence-electron chi connectivity index (χ1n) is 8.52. The maximum Gasteiger partial charge on any atom is 0.359 e. The van der Waals surface area contributed by atoms with Gasteiger partial charge in [0.25, 0.3) is 0 Å². The maximum absolute atomic E-state index is 12.4. The molecule has 2 aromatic heterocycles. The Bertz CT molecular complexity index is 1130. The van der Waals surface area contributed by atoms with E-state index in [9.17, 15) is 13.2 Å². The van der Waals surface area contributed by atoms with Crippen molar-refractivity contribution in [3.8, 4) is 16.9 Å². The summed E-state index contributed by atoms with van der Waals surface area (Å²) in [5.74, 6) is -0.466. The number of carbonyl (C=O) groups excluding carboxylic acids is 1. The molecule has 0 spiro atoms. The zero-order valence-corrected chi connectivity index (χ0v) is 15.7. The van der Waals surface area contributed by atoms with Gasteiger partial charge in [-0.15, -0.1) is 0 Å². The fourth-order valence-electron chi connectivity index (χ4n) is 3.31. The van der Waals surface area contributed by atoms with Crippen LogP contribution in [0.5, 0.6) is 0 Å². The molecule has 0 radical (unpaired) electrons. The molecule has 1 N–H and O–H groups in total. The number of rotatable bonds is 4. The highest BCUT2D eigenvalue weighted by Crippen LogP contribution is 2.36. The van der Waals surface area contributed by atoms with E-state index in [1.807, 2.05) is 0 Å². The molecular weight excluding hydrogens is 368 g/mol. The van der Waals surface area contributed by atoms with Crippen LogP contribution in [-0.2, 0) is 27.4 Å². The highest BCUT2D eigenvalue weighted by atomic mass is 32.2. The van der Waals surface area contributed by atoms with Crippen LogP contribution in [0.3, 0.4) is 0 Å². The van der Waals surface area contributed by atoms with Crippen molar-refractivity contribution in [1.82, 2.24) is 20.0 Å². The first-order valence-corrected chi connectivity index (χ1v) is 10.4. The van der Waals surface area contributed by atoms with Crippen LogP contribution in [0.1, 0.15) is 28.7 Å². The number of hydrogen-bond donors (Lipinski definition) is 1. The Balaban J connectivity index is 1.90. The molecule has 1 aliphatic rings.